The Hall–Kier alpha value is -3.36. The zero-order valence-corrected chi connectivity index (χ0v) is 23.5. The van der Waals surface area contributed by atoms with Crippen LogP contribution in [0.3, 0.4) is 0 Å². The number of rotatable bonds is 12. The highest BCUT2D eigenvalue weighted by molar-refractivity contribution is 7.92. The summed E-state index contributed by atoms with van der Waals surface area (Å²) in [6, 6.07) is 22.8. The van der Waals surface area contributed by atoms with Crippen molar-refractivity contribution >= 4 is 39.1 Å². The van der Waals surface area contributed by atoms with Crippen molar-refractivity contribution in [3.63, 3.8) is 0 Å². The molecule has 3 aromatic rings. The second-order valence-corrected chi connectivity index (χ2v) is 11.3. The molecular formula is C29H34ClN3O4S. The molecule has 0 aliphatic carbocycles. The lowest BCUT2D eigenvalue weighted by Crippen LogP contribution is -2.53. The maximum atomic E-state index is 14.0. The van der Waals surface area contributed by atoms with Crippen molar-refractivity contribution in [2.24, 2.45) is 0 Å². The van der Waals surface area contributed by atoms with Crippen molar-refractivity contribution in [3.8, 4) is 0 Å². The third-order valence-corrected chi connectivity index (χ3v) is 8.41. The predicted octanol–water partition coefficient (Wildman–Crippen LogP) is 5.26. The average Bonchev–Trinajstić information content (AvgIpc) is 2.92. The SMILES string of the molecule is CC[C@@H](C)NC(=O)[C@H](CC)N(Cc1ccccc1)C(=O)CN(c1ccccc1Cl)S(=O)(=O)c1ccccc1. The maximum absolute atomic E-state index is 14.0. The first-order chi connectivity index (χ1) is 18.2. The van der Waals surface area contributed by atoms with Crippen LogP contribution in [0, 0.1) is 0 Å². The van der Waals surface area contributed by atoms with Gasteiger partial charge in [-0.2, -0.15) is 0 Å². The number of amides is 2. The van der Waals surface area contributed by atoms with Crippen molar-refractivity contribution in [3.05, 3.63) is 95.5 Å². The number of anilines is 1. The van der Waals surface area contributed by atoms with E-state index >= 15 is 0 Å². The molecule has 0 bridgehead atoms. The Morgan fingerprint density at radius 2 is 1.45 bits per heavy atom. The molecule has 3 rings (SSSR count). The summed E-state index contributed by atoms with van der Waals surface area (Å²) in [6.07, 6.45) is 1.10. The number of carbonyl (C=O) groups is 2. The average molecular weight is 556 g/mol. The molecule has 3 aromatic carbocycles. The van der Waals surface area contributed by atoms with Gasteiger partial charge >= 0.3 is 0 Å². The van der Waals surface area contributed by atoms with Gasteiger partial charge in [0.15, 0.2) is 0 Å². The molecule has 0 unspecified atom stereocenters. The first kappa shape index (κ1) is 29.2. The normalized spacial score (nSPS) is 12.8. The van der Waals surface area contributed by atoms with Gasteiger partial charge in [0.1, 0.15) is 12.6 Å². The number of nitrogens with one attached hydrogen (secondary N) is 1. The molecule has 0 heterocycles. The third-order valence-electron chi connectivity index (χ3n) is 6.31. The lowest BCUT2D eigenvalue weighted by Gasteiger charge is -2.34. The van der Waals surface area contributed by atoms with Crippen LogP contribution in [0.5, 0.6) is 0 Å². The molecule has 0 aliphatic heterocycles. The number of halogens is 1. The number of para-hydroxylation sites is 1. The zero-order valence-electron chi connectivity index (χ0n) is 21.9. The zero-order chi connectivity index (χ0) is 27.7. The number of sulfonamides is 1. The molecule has 0 spiro atoms. The Labute approximate surface area is 230 Å². The molecule has 0 aromatic heterocycles. The molecule has 0 saturated heterocycles. The highest BCUT2D eigenvalue weighted by atomic mass is 35.5. The monoisotopic (exact) mass is 555 g/mol. The van der Waals surface area contributed by atoms with Gasteiger partial charge in [-0.25, -0.2) is 8.42 Å². The number of hydrogen-bond acceptors (Lipinski definition) is 4. The lowest BCUT2D eigenvalue weighted by atomic mass is 10.1. The largest absolute Gasteiger partial charge is 0.352 e. The lowest BCUT2D eigenvalue weighted by molar-refractivity contribution is -0.140. The Balaban J connectivity index is 2.04. The number of hydrogen-bond donors (Lipinski definition) is 1. The molecule has 9 heteroatoms. The molecule has 0 saturated carbocycles. The van der Waals surface area contributed by atoms with E-state index < -0.39 is 28.5 Å². The highest BCUT2D eigenvalue weighted by Crippen LogP contribution is 2.30. The van der Waals surface area contributed by atoms with Gasteiger partial charge in [0.25, 0.3) is 10.0 Å². The molecule has 202 valence electrons. The summed E-state index contributed by atoms with van der Waals surface area (Å²) in [5.74, 6) is -0.791. The summed E-state index contributed by atoms with van der Waals surface area (Å²) in [6.45, 7) is 5.32. The minimum Gasteiger partial charge on any atom is -0.352 e. The van der Waals surface area contributed by atoms with E-state index in [-0.39, 0.29) is 34.1 Å². The van der Waals surface area contributed by atoms with Crippen LogP contribution in [-0.4, -0.2) is 43.8 Å². The fourth-order valence-corrected chi connectivity index (χ4v) is 5.77. The van der Waals surface area contributed by atoms with Crippen LogP contribution in [-0.2, 0) is 26.2 Å². The van der Waals surface area contributed by atoms with Gasteiger partial charge in [0.05, 0.1) is 15.6 Å². The topological polar surface area (TPSA) is 86.8 Å². The smallest absolute Gasteiger partial charge is 0.264 e. The van der Waals surface area contributed by atoms with E-state index in [2.05, 4.69) is 5.32 Å². The van der Waals surface area contributed by atoms with Crippen LogP contribution in [0.2, 0.25) is 5.02 Å². The molecule has 1 N–H and O–H groups in total. The van der Waals surface area contributed by atoms with Crippen LogP contribution in [0.1, 0.15) is 39.2 Å². The fourth-order valence-electron chi connectivity index (χ4n) is 4.03. The molecule has 2 atom stereocenters. The van der Waals surface area contributed by atoms with Crippen molar-refractivity contribution in [2.45, 2.75) is 57.1 Å². The van der Waals surface area contributed by atoms with Gasteiger partial charge in [0.2, 0.25) is 11.8 Å². The van der Waals surface area contributed by atoms with Crippen LogP contribution >= 0.6 is 11.6 Å². The summed E-state index contributed by atoms with van der Waals surface area (Å²) in [5, 5.41) is 3.16. The van der Waals surface area contributed by atoms with Crippen LogP contribution in [0.15, 0.2) is 89.8 Å². The third kappa shape index (κ3) is 7.14. The van der Waals surface area contributed by atoms with Gasteiger partial charge in [0, 0.05) is 12.6 Å². The molecule has 7 nitrogen and oxygen atoms in total. The first-order valence-corrected chi connectivity index (χ1v) is 14.5. The molecule has 0 aliphatic rings. The van der Waals surface area contributed by atoms with Crippen molar-refractivity contribution < 1.29 is 18.0 Å². The molecule has 38 heavy (non-hydrogen) atoms. The number of nitrogens with zero attached hydrogens (tertiary/aromatic N) is 2. The molecule has 0 radical (unpaired) electrons. The quantitative estimate of drug-likeness (QED) is 0.330. The van der Waals surface area contributed by atoms with Gasteiger partial charge in [-0.3, -0.25) is 13.9 Å². The van der Waals surface area contributed by atoms with Crippen LogP contribution < -0.4 is 9.62 Å². The molecule has 0 fully saturated rings. The summed E-state index contributed by atoms with van der Waals surface area (Å²) in [4.78, 5) is 28.7. The van der Waals surface area contributed by atoms with E-state index in [1.807, 2.05) is 51.1 Å². The molecule has 2 amide bonds. The Kier molecular flexibility index (Phi) is 10.3. The highest BCUT2D eigenvalue weighted by Gasteiger charge is 2.34. The summed E-state index contributed by atoms with van der Waals surface area (Å²) in [7, 11) is -4.15. The van der Waals surface area contributed by atoms with Gasteiger partial charge in [-0.05, 0) is 49.6 Å². The van der Waals surface area contributed by atoms with E-state index in [1.54, 1.807) is 42.5 Å². The van der Waals surface area contributed by atoms with E-state index in [0.29, 0.717) is 6.42 Å². The van der Waals surface area contributed by atoms with Gasteiger partial charge in [-0.15, -0.1) is 0 Å². The van der Waals surface area contributed by atoms with Crippen molar-refractivity contribution in [1.82, 2.24) is 10.2 Å². The summed E-state index contributed by atoms with van der Waals surface area (Å²) < 4.78 is 28.6. The van der Waals surface area contributed by atoms with Crippen LogP contribution in [0.25, 0.3) is 0 Å². The van der Waals surface area contributed by atoms with Crippen LogP contribution in [0.4, 0.5) is 5.69 Å². The first-order valence-electron chi connectivity index (χ1n) is 12.6. The van der Waals surface area contributed by atoms with Gasteiger partial charge in [-0.1, -0.05) is 86.1 Å². The maximum Gasteiger partial charge on any atom is 0.264 e. The Morgan fingerprint density at radius 3 is 2.03 bits per heavy atom. The number of carbonyl (C=O) groups excluding carboxylic acids is 2. The van der Waals surface area contributed by atoms with Gasteiger partial charge < -0.3 is 10.2 Å². The van der Waals surface area contributed by atoms with Crippen molar-refractivity contribution in [1.29, 1.82) is 0 Å². The second kappa shape index (κ2) is 13.4. The minimum absolute atomic E-state index is 0.0314. The van der Waals surface area contributed by atoms with E-state index in [0.717, 1.165) is 16.3 Å². The summed E-state index contributed by atoms with van der Waals surface area (Å²) >= 11 is 6.42. The molecular weight excluding hydrogens is 522 g/mol. The second-order valence-electron chi connectivity index (χ2n) is 9.03. The standard InChI is InChI=1S/C29H34ClN3O4S/c1-4-22(3)31-29(35)26(5-2)32(20-23-14-8-6-9-15-23)28(34)21-33(27-19-13-12-18-25(27)30)38(36,37)24-16-10-7-11-17-24/h6-19,22,26H,4-5,20-21H2,1-3H3,(H,31,35)/t22-,26+/m1/s1. The van der Waals surface area contributed by atoms with E-state index in [1.165, 1.54) is 17.0 Å². The van der Waals surface area contributed by atoms with Crippen molar-refractivity contribution in [2.75, 3.05) is 10.8 Å². The Bertz CT molecular complexity index is 1320. The summed E-state index contributed by atoms with van der Waals surface area (Å²) in [5.41, 5.74) is 1.01. The number of benzene rings is 3. The minimum atomic E-state index is -4.15. The fraction of sp³-hybridized carbons (Fsp3) is 0.310. The Morgan fingerprint density at radius 1 is 0.868 bits per heavy atom. The van der Waals surface area contributed by atoms with E-state index in [4.69, 9.17) is 11.6 Å². The van der Waals surface area contributed by atoms with E-state index in [9.17, 15) is 18.0 Å². The predicted molar refractivity (Wildman–Crippen MR) is 151 cm³/mol.